The van der Waals surface area contributed by atoms with E-state index in [-0.39, 0.29) is 5.75 Å². The molecule has 0 heterocycles. The van der Waals surface area contributed by atoms with Crippen LogP contribution in [0.2, 0.25) is 0 Å². The Labute approximate surface area is 112 Å². The fourth-order valence-electron chi connectivity index (χ4n) is 1.35. The van der Waals surface area contributed by atoms with E-state index in [2.05, 4.69) is 27.6 Å². The number of alkyl halides is 3. The van der Waals surface area contributed by atoms with Crippen molar-refractivity contribution in [3.05, 3.63) is 22.7 Å². The van der Waals surface area contributed by atoms with Crippen molar-refractivity contribution in [2.24, 2.45) is 0 Å². The van der Waals surface area contributed by atoms with Gasteiger partial charge in [-0.1, -0.05) is 35.7 Å². The summed E-state index contributed by atoms with van der Waals surface area (Å²) in [6.45, 7) is 2.55. The van der Waals surface area contributed by atoms with Crippen LogP contribution >= 0.6 is 15.9 Å². The van der Waals surface area contributed by atoms with E-state index in [4.69, 9.17) is 4.74 Å². The van der Waals surface area contributed by atoms with Gasteiger partial charge in [0.1, 0.15) is 11.5 Å². The maximum Gasteiger partial charge on any atom is 0.573 e. The first-order valence-electron chi connectivity index (χ1n) is 5.60. The molecule has 1 rings (SSSR count). The highest BCUT2D eigenvalue weighted by molar-refractivity contribution is 9.10. The van der Waals surface area contributed by atoms with Crippen molar-refractivity contribution in [2.75, 3.05) is 6.61 Å². The highest BCUT2D eigenvalue weighted by Crippen LogP contribution is 2.30. The Morgan fingerprint density at radius 2 is 1.78 bits per heavy atom. The third kappa shape index (κ3) is 6.14. The van der Waals surface area contributed by atoms with Crippen molar-refractivity contribution in [1.82, 2.24) is 0 Å². The van der Waals surface area contributed by atoms with E-state index in [0.717, 1.165) is 19.3 Å². The van der Waals surface area contributed by atoms with E-state index >= 15 is 0 Å². The SMILES string of the molecule is CCCCCOc1cc(Br)cc(OC(F)(F)F)c1. The van der Waals surface area contributed by atoms with Crippen molar-refractivity contribution >= 4 is 15.9 Å². The second-order valence-corrected chi connectivity index (χ2v) is 4.64. The average molecular weight is 327 g/mol. The van der Waals surface area contributed by atoms with Crippen LogP contribution in [-0.4, -0.2) is 13.0 Å². The van der Waals surface area contributed by atoms with E-state index < -0.39 is 6.36 Å². The Hall–Kier alpha value is -0.910. The van der Waals surface area contributed by atoms with Crippen LogP contribution in [0.25, 0.3) is 0 Å². The molecule has 0 unspecified atom stereocenters. The smallest absolute Gasteiger partial charge is 0.493 e. The molecule has 0 N–H and O–H groups in total. The molecule has 1 aromatic rings. The summed E-state index contributed by atoms with van der Waals surface area (Å²) in [5.41, 5.74) is 0. The van der Waals surface area contributed by atoms with Crippen molar-refractivity contribution in [3.8, 4) is 11.5 Å². The minimum Gasteiger partial charge on any atom is -0.493 e. The number of unbranched alkanes of at least 4 members (excludes halogenated alkanes) is 2. The molecule has 0 atom stereocenters. The quantitative estimate of drug-likeness (QED) is 0.691. The van der Waals surface area contributed by atoms with Crippen LogP contribution in [0.1, 0.15) is 26.2 Å². The minimum atomic E-state index is -4.69. The predicted molar refractivity (Wildman–Crippen MR) is 65.8 cm³/mol. The van der Waals surface area contributed by atoms with Crippen LogP contribution < -0.4 is 9.47 Å². The molecule has 0 aliphatic rings. The Morgan fingerprint density at radius 1 is 1.11 bits per heavy atom. The molecule has 6 heteroatoms. The van der Waals surface area contributed by atoms with E-state index in [9.17, 15) is 13.2 Å². The van der Waals surface area contributed by atoms with Gasteiger partial charge in [0.15, 0.2) is 0 Å². The first kappa shape index (κ1) is 15.1. The molecule has 0 aliphatic carbocycles. The maximum atomic E-state index is 12.1. The molecule has 0 bridgehead atoms. The lowest BCUT2D eigenvalue weighted by Crippen LogP contribution is -2.17. The Bertz CT molecular complexity index is 380. The van der Waals surface area contributed by atoms with E-state index in [1.54, 1.807) is 6.07 Å². The summed E-state index contributed by atoms with van der Waals surface area (Å²) in [5.74, 6) is 0.0714. The Morgan fingerprint density at radius 3 is 2.39 bits per heavy atom. The average Bonchev–Trinajstić information content (AvgIpc) is 2.21. The molecular weight excluding hydrogens is 313 g/mol. The monoisotopic (exact) mass is 326 g/mol. The van der Waals surface area contributed by atoms with Gasteiger partial charge in [0.05, 0.1) is 6.61 Å². The molecular formula is C12H14BrF3O2. The third-order valence-corrected chi connectivity index (χ3v) is 2.55. The standard InChI is InChI=1S/C12H14BrF3O2/c1-2-3-4-5-17-10-6-9(13)7-11(8-10)18-12(14,15)16/h6-8H,2-5H2,1H3. The lowest BCUT2D eigenvalue weighted by Gasteiger charge is -2.11. The summed E-state index contributed by atoms with van der Waals surface area (Å²) in [4.78, 5) is 0. The zero-order chi connectivity index (χ0) is 13.6. The second kappa shape index (κ2) is 6.87. The molecule has 0 spiro atoms. The Balaban J connectivity index is 2.63. The van der Waals surface area contributed by atoms with Crippen LogP contribution in [0.3, 0.4) is 0 Å². The minimum absolute atomic E-state index is 0.289. The van der Waals surface area contributed by atoms with Gasteiger partial charge in [0.25, 0.3) is 0 Å². The number of benzene rings is 1. The van der Waals surface area contributed by atoms with Crippen molar-refractivity contribution in [2.45, 2.75) is 32.5 Å². The normalized spacial score (nSPS) is 11.4. The summed E-state index contributed by atoms with van der Waals surface area (Å²) in [6.07, 6.45) is -1.73. The summed E-state index contributed by atoms with van der Waals surface area (Å²) < 4.78 is 45.9. The van der Waals surface area contributed by atoms with Gasteiger partial charge in [0.2, 0.25) is 0 Å². The maximum absolute atomic E-state index is 12.1. The van der Waals surface area contributed by atoms with E-state index in [1.165, 1.54) is 12.1 Å². The molecule has 102 valence electrons. The zero-order valence-corrected chi connectivity index (χ0v) is 11.5. The van der Waals surface area contributed by atoms with Crippen LogP contribution in [0.5, 0.6) is 11.5 Å². The van der Waals surface area contributed by atoms with Crippen molar-refractivity contribution in [3.63, 3.8) is 0 Å². The highest BCUT2D eigenvalue weighted by atomic mass is 79.9. The van der Waals surface area contributed by atoms with E-state index in [0.29, 0.717) is 16.8 Å². The van der Waals surface area contributed by atoms with Gasteiger partial charge in [0, 0.05) is 10.5 Å². The van der Waals surface area contributed by atoms with Gasteiger partial charge in [-0.2, -0.15) is 0 Å². The topological polar surface area (TPSA) is 18.5 Å². The fourth-order valence-corrected chi connectivity index (χ4v) is 1.81. The number of rotatable bonds is 6. The zero-order valence-electron chi connectivity index (χ0n) is 9.89. The second-order valence-electron chi connectivity index (χ2n) is 3.73. The molecule has 0 saturated heterocycles. The lowest BCUT2D eigenvalue weighted by molar-refractivity contribution is -0.274. The molecule has 18 heavy (non-hydrogen) atoms. The van der Waals surface area contributed by atoms with Crippen LogP contribution in [0.4, 0.5) is 13.2 Å². The summed E-state index contributed by atoms with van der Waals surface area (Å²) in [5, 5.41) is 0. The van der Waals surface area contributed by atoms with Crippen LogP contribution in [0.15, 0.2) is 22.7 Å². The fraction of sp³-hybridized carbons (Fsp3) is 0.500. The van der Waals surface area contributed by atoms with Gasteiger partial charge < -0.3 is 9.47 Å². The first-order valence-corrected chi connectivity index (χ1v) is 6.39. The molecule has 0 saturated carbocycles. The number of hydrogen-bond acceptors (Lipinski definition) is 2. The molecule has 0 fully saturated rings. The summed E-state index contributed by atoms with van der Waals surface area (Å²) >= 11 is 3.12. The number of hydrogen-bond donors (Lipinski definition) is 0. The third-order valence-electron chi connectivity index (χ3n) is 2.10. The highest BCUT2D eigenvalue weighted by Gasteiger charge is 2.31. The predicted octanol–water partition coefficient (Wildman–Crippen LogP) is 4.92. The van der Waals surface area contributed by atoms with Gasteiger partial charge in [-0.25, -0.2) is 0 Å². The molecule has 0 aliphatic heterocycles. The molecule has 2 nitrogen and oxygen atoms in total. The number of halogens is 4. The van der Waals surface area contributed by atoms with Gasteiger partial charge in [-0.15, -0.1) is 13.2 Å². The molecule has 0 radical (unpaired) electrons. The lowest BCUT2D eigenvalue weighted by atomic mass is 10.3. The van der Waals surface area contributed by atoms with Crippen LogP contribution in [0, 0.1) is 0 Å². The first-order chi connectivity index (χ1) is 8.40. The Kier molecular flexibility index (Phi) is 5.78. The largest absolute Gasteiger partial charge is 0.573 e. The van der Waals surface area contributed by atoms with Gasteiger partial charge in [-0.3, -0.25) is 0 Å². The molecule has 1 aromatic carbocycles. The van der Waals surface area contributed by atoms with Crippen LogP contribution in [-0.2, 0) is 0 Å². The molecule has 0 amide bonds. The summed E-state index contributed by atoms with van der Waals surface area (Å²) in [6, 6.07) is 4.08. The van der Waals surface area contributed by atoms with Crippen molar-refractivity contribution < 1.29 is 22.6 Å². The number of ether oxygens (including phenoxy) is 2. The van der Waals surface area contributed by atoms with Crippen molar-refractivity contribution in [1.29, 1.82) is 0 Å². The van der Waals surface area contributed by atoms with Gasteiger partial charge in [-0.05, 0) is 18.6 Å². The van der Waals surface area contributed by atoms with E-state index in [1.807, 2.05) is 0 Å². The van der Waals surface area contributed by atoms with Gasteiger partial charge >= 0.3 is 6.36 Å². The molecule has 0 aromatic heterocycles. The summed E-state index contributed by atoms with van der Waals surface area (Å²) in [7, 11) is 0.